The molecule has 0 aliphatic carbocycles. The van der Waals surface area contributed by atoms with E-state index in [4.69, 9.17) is 4.74 Å². The maximum atomic E-state index is 12.5. The lowest BCUT2D eigenvalue weighted by Crippen LogP contribution is -2.30. The number of aromatic nitrogens is 1. The molecule has 3 rings (SSSR count). The minimum atomic E-state index is 0.0696. The molecule has 1 aromatic carbocycles. The van der Waals surface area contributed by atoms with Crippen LogP contribution < -0.4 is 5.32 Å². The van der Waals surface area contributed by atoms with Crippen molar-refractivity contribution in [2.75, 3.05) is 25.0 Å². The van der Waals surface area contributed by atoms with Gasteiger partial charge in [0.05, 0.1) is 18.0 Å². The van der Waals surface area contributed by atoms with Crippen molar-refractivity contribution >= 4 is 17.3 Å². The second kappa shape index (κ2) is 7.24. The van der Waals surface area contributed by atoms with Crippen molar-refractivity contribution in [2.45, 2.75) is 19.4 Å². The highest BCUT2D eigenvalue weighted by Gasteiger charge is 2.27. The number of hydrogen-bond acceptors (Lipinski definition) is 4. The topological polar surface area (TPSA) is 54.5 Å². The molecule has 0 radical (unpaired) electrons. The van der Waals surface area contributed by atoms with Crippen LogP contribution in [0.4, 0.5) is 11.4 Å². The first kappa shape index (κ1) is 15.5. The van der Waals surface area contributed by atoms with Crippen LogP contribution >= 0.6 is 0 Å². The van der Waals surface area contributed by atoms with Crippen LogP contribution in [0, 0.1) is 0 Å². The van der Waals surface area contributed by atoms with Crippen LogP contribution in [0.2, 0.25) is 0 Å². The summed E-state index contributed by atoms with van der Waals surface area (Å²) >= 11 is 0. The van der Waals surface area contributed by atoms with Crippen molar-refractivity contribution in [3.05, 3.63) is 54.4 Å². The molecule has 23 heavy (non-hydrogen) atoms. The molecule has 1 N–H and O–H groups in total. The first-order valence-corrected chi connectivity index (χ1v) is 7.94. The van der Waals surface area contributed by atoms with Gasteiger partial charge in [-0.2, -0.15) is 0 Å². The lowest BCUT2D eigenvalue weighted by molar-refractivity contribution is 0.0598. The van der Waals surface area contributed by atoms with Crippen molar-refractivity contribution in [3.8, 4) is 0 Å². The van der Waals surface area contributed by atoms with Gasteiger partial charge in [0, 0.05) is 37.1 Å². The number of benzene rings is 1. The highest BCUT2D eigenvalue weighted by Crippen LogP contribution is 2.19. The van der Waals surface area contributed by atoms with E-state index in [1.54, 1.807) is 12.4 Å². The third kappa shape index (κ3) is 3.87. The van der Waals surface area contributed by atoms with Gasteiger partial charge in [-0.25, -0.2) is 0 Å². The first-order valence-electron chi connectivity index (χ1n) is 7.94. The summed E-state index contributed by atoms with van der Waals surface area (Å²) in [6, 6.07) is 11.4. The molecule has 1 aliphatic heterocycles. The second-order valence-electron chi connectivity index (χ2n) is 5.56. The molecule has 1 saturated heterocycles. The Morgan fingerprint density at radius 3 is 2.83 bits per heavy atom. The van der Waals surface area contributed by atoms with E-state index in [1.807, 2.05) is 48.2 Å². The van der Waals surface area contributed by atoms with Gasteiger partial charge < -0.3 is 15.0 Å². The number of nitrogens with one attached hydrogen (secondary N) is 1. The van der Waals surface area contributed by atoms with Crippen molar-refractivity contribution < 1.29 is 9.53 Å². The number of carbonyl (C=O) groups excluding carboxylic acids is 1. The number of pyridine rings is 1. The Hall–Kier alpha value is -2.40. The van der Waals surface area contributed by atoms with E-state index in [1.165, 1.54) is 0 Å². The van der Waals surface area contributed by atoms with Crippen LogP contribution in [-0.2, 0) is 4.74 Å². The van der Waals surface area contributed by atoms with Crippen LogP contribution in [0.5, 0.6) is 0 Å². The summed E-state index contributed by atoms with van der Waals surface area (Å²) in [5, 5.41) is 3.26. The molecule has 1 fully saturated rings. The zero-order chi connectivity index (χ0) is 16.1. The van der Waals surface area contributed by atoms with Gasteiger partial charge in [-0.3, -0.25) is 9.78 Å². The van der Waals surface area contributed by atoms with Crippen molar-refractivity contribution in [2.24, 2.45) is 0 Å². The smallest absolute Gasteiger partial charge is 0.253 e. The van der Waals surface area contributed by atoms with E-state index in [-0.39, 0.29) is 12.0 Å². The molecule has 5 nitrogen and oxygen atoms in total. The van der Waals surface area contributed by atoms with Crippen LogP contribution in [0.15, 0.2) is 48.8 Å². The molecule has 1 aromatic heterocycles. The van der Waals surface area contributed by atoms with Gasteiger partial charge in [-0.1, -0.05) is 0 Å². The molecule has 0 saturated carbocycles. The highest BCUT2D eigenvalue weighted by atomic mass is 16.5. The summed E-state index contributed by atoms with van der Waals surface area (Å²) < 4.78 is 5.59. The quantitative estimate of drug-likeness (QED) is 0.922. The summed E-state index contributed by atoms with van der Waals surface area (Å²) in [4.78, 5) is 18.4. The number of ether oxygens (including phenoxy) is 1. The number of likely N-dealkylation sites (tertiary alicyclic amines) is 1. The Morgan fingerprint density at radius 1 is 1.30 bits per heavy atom. The van der Waals surface area contributed by atoms with E-state index in [9.17, 15) is 4.79 Å². The fourth-order valence-corrected chi connectivity index (χ4v) is 2.77. The number of nitrogens with zero attached hydrogens (tertiary/aromatic N) is 2. The second-order valence-corrected chi connectivity index (χ2v) is 5.56. The largest absolute Gasteiger partial charge is 0.377 e. The molecule has 5 heteroatoms. The van der Waals surface area contributed by atoms with E-state index < -0.39 is 0 Å². The molecule has 0 unspecified atom stereocenters. The number of hydrogen-bond donors (Lipinski definition) is 1. The number of rotatable bonds is 5. The molecule has 2 aromatic rings. The molecule has 1 amide bonds. The Kier molecular flexibility index (Phi) is 4.88. The average Bonchev–Trinajstić information content (AvgIpc) is 3.05. The van der Waals surface area contributed by atoms with Gasteiger partial charge in [-0.05, 0) is 49.7 Å². The Labute approximate surface area is 136 Å². The Morgan fingerprint density at radius 2 is 2.13 bits per heavy atom. The molecule has 2 heterocycles. The third-order valence-corrected chi connectivity index (χ3v) is 3.92. The molecular weight excluding hydrogens is 290 g/mol. The lowest BCUT2D eigenvalue weighted by atomic mass is 10.2. The summed E-state index contributed by atoms with van der Waals surface area (Å²) in [5.41, 5.74) is 2.56. The number of carbonyl (C=O) groups is 1. The maximum Gasteiger partial charge on any atom is 0.253 e. The summed E-state index contributed by atoms with van der Waals surface area (Å²) in [7, 11) is 0. The van der Waals surface area contributed by atoms with Crippen LogP contribution in [-0.4, -0.2) is 41.6 Å². The predicted molar refractivity (Wildman–Crippen MR) is 89.9 cm³/mol. The lowest BCUT2D eigenvalue weighted by Gasteiger charge is -2.17. The van der Waals surface area contributed by atoms with E-state index in [2.05, 4.69) is 10.3 Å². The van der Waals surface area contributed by atoms with Gasteiger partial charge in [0.1, 0.15) is 0 Å². The van der Waals surface area contributed by atoms with Crippen LogP contribution in [0.3, 0.4) is 0 Å². The average molecular weight is 311 g/mol. The minimum absolute atomic E-state index is 0.0696. The van der Waals surface area contributed by atoms with Gasteiger partial charge in [0.15, 0.2) is 0 Å². The standard InChI is InChI=1S/C18H21N3O2/c1-2-23-17-9-11-21(13-17)18(22)14-5-7-15(8-6-14)20-16-4-3-10-19-12-16/h3-8,10,12,17,20H,2,9,11,13H2,1H3/t17-/m0/s1. The monoisotopic (exact) mass is 311 g/mol. The van der Waals surface area contributed by atoms with Crippen molar-refractivity contribution in [1.29, 1.82) is 0 Å². The maximum absolute atomic E-state index is 12.5. The number of amides is 1. The molecule has 120 valence electrons. The fourth-order valence-electron chi connectivity index (χ4n) is 2.77. The molecular formula is C18H21N3O2. The summed E-state index contributed by atoms with van der Waals surface area (Å²) in [6.07, 6.45) is 4.59. The molecule has 0 spiro atoms. The molecule has 0 bridgehead atoms. The third-order valence-electron chi connectivity index (χ3n) is 3.92. The predicted octanol–water partition coefficient (Wildman–Crippen LogP) is 3.08. The summed E-state index contributed by atoms with van der Waals surface area (Å²) in [6.45, 7) is 4.13. The van der Waals surface area contributed by atoms with Crippen LogP contribution in [0.1, 0.15) is 23.7 Å². The van der Waals surface area contributed by atoms with Crippen molar-refractivity contribution in [3.63, 3.8) is 0 Å². The fraction of sp³-hybridized carbons (Fsp3) is 0.333. The first-order chi connectivity index (χ1) is 11.3. The minimum Gasteiger partial charge on any atom is -0.377 e. The van der Waals surface area contributed by atoms with Gasteiger partial charge in [-0.15, -0.1) is 0 Å². The van der Waals surface area contributed by atoms with Crippen LogP contribution in [0.25, 0.3) is 0 Å². The van der Waals surface area contributed by atoms with Gasteiger partial charge in [0.2, 0.25) is 0 Å². The molecule has 1 aliphatic rings. The summed E-state index contributed by atoms with van der Waals surface area (Å²) in [5.74, 6) is 0.0696. The molecule has 1 atom stereocenters. The SMILES string of the molecule is CCO[C@H]1CCN(C(=O)c2ccc(Nc3cccnc3)cc2)C1. The zero-order valence-electron chi connectivity index (χ0n) is 13.2. The van der Waals surface area contributed by atoms with E-state index >= 15 is 0 Å². The van der Waals surface area contributed by atoms with Crippen molar-refractivity contribution in [1.82, 2.24) is 9.88 Å². The van der Waals surface area contributed by atoms with E-state index in [0.29, 0.717) is 18.7 Å². The highest BCUT2D eigenvalue weighted by molar-refractivity contribution is 5.94. The van der Waals surface area contributed by atoms with E-state index in [0.717, 1.165) is 24.3 Å². The van der Waals surface area contributed by atoms with Gasteiger partial charge in [0.25, 0.3) is 5.91 Å². The Bertz CT molecular complexity index is 643. The Balaban J connectivity index is 1.62. The van der Waals surface area contributed by atoms with Gasteiger partial charge >= 0.3 is 0 Å². The normalized spacial score (nSPS) is 17.3. The zero-order valence-corrected chi connectivity index (χ0v) is 13.2. The number of anilines is 2.